The van der Waals surface area contributed by atoms with Crippen LogP contribution in [0.1, 0.15) is 18.4 Å². The molecule has 3 rings (SSSR count). The quantitative estimate of drug-likeness (QED) is 0.836. The molecule has 1 atom stereocenters. The Bertz CT molecular complexity index is 945. The predicted octanol–water partition coefficient (Wildman–Crippen LogP) is 3.31. The number of amides is 1. The molecule has 6 nitrogen and oxygen atoms in total. The molecule has 1 N–H and O–H groups in total. The van der Waals surface area contributed by atoms with Gasteiger partial charge in [-0.3, -0.25) is 9.59 Å². The molecule has 0 aliphatic carbocycles. The topological polar surface area (TPSA) is 67.2 Å². The number of aromatic nitrogens is 2. The second kappa shape index (κ2) is 7.83. The summed E-state index contributed by atoms with van der Waals surface area (Å²) in [5, 5.41) is 6.73. The lowest BCUT2D eigenvalue weighted by molar-refractivity contribution is -0.137. The zero-order valence-corrected chi connectivity index (χ0v) is 15.7. The zero-order valence-electron chi connectivity index (χ0n) is 15.0. The SMILES string of the molecule is Cn1nc(N2CCC[C@@H](C(=O)Nc3cc(C(F)(F)F)ccc3Cl)C2)ccc1=O. The molecule has 0 radical (unpaired) electrons. The Balaban J connectivity index is 1.74. The normalized spacial score (nSPS) is 17.5. The van der Waals surface area contributed by atoms with Crippen LogP contribution >= 0.6 is 11.6 Å². The number of benzene rings is 1. The molecule has 0 unspecified atom stereocenters. The van der Waals surface area contributed by atoms with E-state index in [1.165, 1.54) is 17.8 Å². The number of nitrogens with zero attached hydrogens (tertiary/aromatic N) is 3. The van der Waals surface area contributed by atoms with Crippen molar-refractivity contribution in [2.24, 2.45) is 13.0 Å². The Morgan fingerprint density at radius 1 is 1.29 bits per heavy atom. The van der Waals surface area contributed by atoms with E-state index in [1.54, 1.807) is 6.07 Å². The number of halogens is 4. The maximum Gasteiger partial charge on any atom is 0.416 e. The van der Waals surface area contributed by atoms with E-state index in [0.29, 0.717) is 31.7 Å². The van der Waals surface area contributed by atoms with Crippen LogP contribution in [0.4, 0.5) is 24.7 Å². The lowest BCUT2D eigenvalue weighted by Crippen LogP contribution is -2.41. The number of piperidine rings is 1. The van der Waals surface area contributed by atoms with Gasteiger partial charge in [0.25, 0.3) is 5.56 Å². The van der Waals surface area contributed by atoms with Crippen LogP contribution in [-0.2, 0) is 18.0 Å². The Kier molecular flexibility index (Phi) is 5.64. The minimum Gasteiger partial charge on any atom is -0.354 e. The lowest BCUT2D eigenvalue weighted by Gasteiger charge is -2.32. The Morgan fingerprint density at radius 3 is 2.71 bits per heavy atom. The summed E-state index contributed by atoms with van der Waals surface area (Å²) in [4.78, 5) is 26.0. The van der Waals surface area contributed by atoms with Crippen LogP contribution in [0.2, 0.25) is 5.02 Å². The molecule has 1 saturated heterocycles. The van der Waals surface area contributed by atoms with Gasteiger partial charge in [0.2, 0.25) is 5.91 Å². The minimum atomic E-state index is -4.53. The van der Waals surface area contributed by atoms with Crippen molar-refractivity contribution in [2.75, 3.05) is 23.3 Å². The highest BCUT2D eigenvalue weighted by atomic mass is 35.5. The van der Waals surface area contributed by atoms with Crippen molar-refractivity contribution in [2.45, 2.75) is 19.0 Å². The molecule has 1 fully saturated rings. The smallest absolute Gasteiger partial charge is 0.354 e. The molecule has 1 aromatic heterocycles. The summed E-state index contributed by atoms with van der Waals surface area (Å²) in [5.74, 6) is -0.286. The average Bonchev–Trinajstić information content (AvgIpc) is 2.65. The van der Waals surface area contributed by atoms with Crippen molar-refractivity contribution in [3.63, 3.8) is 0 Å². The summed E-state index contributed by atoms with van der Waals surface area (Å²) in [6.07, 6.45) is -3.23. The van der Waals surface area contributed by atoms with E-state index in [0.717, 1.165) is 18.2 Å². The van der Waals surface area contributed by atoms with Crippen LogP contribution < -0.4 is 15.8 Å². The third kappa shape index (κ3) is 4.46. The highest BCUT2D eigenvalue weighted by Gasteiger charge is 2.32. The van der Waals surface area contributed by atoms with E-state index in [2.05, 4.69) is 10.4 Å². The highest BCUT2D eigenvalue weighted by molar-refractivity contribution is 6.33. The molecule has 1 aliphatic rings. The van der Waals surface area contributed by atoms with E-state index >= 15 is 0 Å². The van der Waals surface area contributed by atoms with Crippen molar-refractivity contribution in [3.8, 4) is 0 Å². The molecule has 0 spiro atoms. The summed E-state index contributed by atoms with van der Waals surface area (Å²) in [6, 6.07) is 5.79. The number of hydrogen-bond acceptors (Lipinski definition) is 4. The van der Waals surface area contributed by atoms with Crippen molar-refractivity contribution in [1.29, 1.82) is 0 Å². The second-order valence-electron chi connectivity index (χ2n) is 6.62. The number of rotatable bonds is 3. The molecule has 1 aliphatic heterocycles. The van der Waals surface area contributed by atoms with Gasteiger partial charge in [-0.2, -0.15) is 18.3 Å². The summed E-state index contributed by atoms with van der Waals surface area (Å²) in [7, 11) is 1.54. The van der Waals surface area contributed by atoms with Crippen LogP contribution in [-0.4, -0.2) is 28.8 Å². The molecule has 2 aromatic rings. The first-order valence-corrected chi connectivity index (χ1v) is 9.00. The van der Waals surface area contributed by atoms with Gasteiger partial charge in [0, 0.05) is 26.2 Å². The fourth-order valence-corrected chi connectivity index (χ4v) is 3.25. The van der Waals surface area contributed by atoms with Crippen LogP contribution in [0, 0.1) is 5.92 Å². The van der Waals surface area contributed by atoms with Crippen molar-refractivity contribution in [3.05, 3.63) is 51.3 Å². The molecule has 10 heteroatoms. The fraction of sp³-hybridized carbons (Fsp3) is 0.389. The van der Waals surface area contributed by atoms with E-state index in [4.69, 9.17) is 11.6 Å². The number of alkyl halides is 3. The number of carbonyl (C=O) groups is 1. The van der Waals surface area contributed by atoms with Crippen LogP contribution in [0.5, 0.6) is 0 Å². The predicted molar refractivity (Wildman–Crippen MR) is 99.5 cm³/mol. The van der Waals surface area contributed by atoms with Gasteiger partial charge in [-0.05, 0) is 37.1 Å². The Labute approximate surface area is 163 Å². The second-order valence-corrected chi connectivity index (χ2v) is 7.03. The number of carbonyl (C=O) groups excluding carboxylic acids is 1. The highest BCUT2D eigenvalue weighted by Crippen LogP contribution is 2.34. The first-order chi connectivity index (χ1) is 13.1. The lowest BCUT2D eigenvalue weighted by atomic mass is 9.97. The molecule has 1 amide bonds. The molecule has 2 heterocycles. The van der Waals surface area contributed by atoms with Gasteiger partial charge < -0.3 is 10.2 Å². The summed E-state index contributed by atoms with van der Waals surface area (Å²) < 4.78 is 39.9. The number of hydrogen-bond donors (Lipinski definition) is 1. The van der Waals surface area contributed by atoms with Gasteiger partial charge >= 0.3 is 6.18 Å². The van der Waals surface area contributed by atoms with Crippen molar-refractivity contribution < 1.29 is 18.0 Å². The van der Waals surface area contributed by atoms with Gasteiger partial charge in [0.1, 0.15) is 5.82 Å². The van der Waals surface area contributed by atoms with Crippen LogP contribution in [0.3, 0.4) is 0 Å². The van der Waals surface area contributed by atoms with Crippen LogP contribution in [0.25, 0.3) is 0 Å². The number of aryl methyl sites for hydroxylation is 1. The van der Waals surface area contributed by atoms with Gasteiger partial charge in [0.05, 0.1) is 22.2 Å². The van der Waals surface area contributed by atoms with E-state index in [-0.39, 0.29) is 16.3 Å². The van der Waals surface area contributed by atoms with E-state index in [1.807, 2.05) is 4.90 Å². The maximum absolute atomic E-state index is 12.9. The minimum absolute atomic E-state index is 0.0359. The molecule has 1 aromatic carbocycles. The van der Waals surface area contributed by atoms with Crippen molar-refractivity contribution in [1.82, 2.24) is 9.78 Å². The van der Waals surface area contributed by atoms with E-state index in [9.17, 15) is 22.8 Å². The first-order valence-electron chi connectivity index (χ1n) is 8.62. The molecular weight excluding hydrogens is 397 g/mol. The molecule has 0 bridgehead atoms. The fourth-order valence-electron chi connectivity index (χ4n) is 3.09. The van der Waals surface area contributed by atoms with Crippen molar-refractivity contribution >= 4 is 29.0 Å². The summed E-state index contributed by atoms with van der Waals surface area (Å²) in [6.45, 7) is 1.01. The van der Waals surface area contributed by atoms with E-state index < -0.39 is 23.6 Å². The molecule has 150 valence electrons. The monoisotopic (exact) mass is 414 g/mol. The first kappa shape index (κ1) is 20.2. The Hall–Kier alpha value is -2.55. The van der Waals surface area contributed by atoms with Gasteiger partial charge in [-0.25, -0.2) is 4.68 Å². The molecule has 0 saturated carbocycles. The van der Waals surface area contributed by atoms with Gasteiger partial charge in [0.15, 0.2) is 0 Å². The van der Waals surface area contributed by atoms with Gasteiger partial charge in [-0.1, -0.05) is 11.6 Å². The molecule has 28 heavy (non-hydrogen) atoms. The van der Waals surface area contributed by atoms with Crippen LogP contribution in [0.15, 0.2) is 35.1 Å². The average molecular weight is 415 g/mol. The third-order valence-electron chi connectivity index (χ3n) is 4.61. The standard InChI is InChI=1S/C18H18ClF3N4O2/c1-25-16(27)7-6-15(24-25)26-8-2-3-11(10-26)17(28)23-14-9-12(18(20,21)22)4-5-13(14)19/h4-7,9,11H,2-3,8,10H2,1H3,(H,23,28)/t11-/m1/s1. The maximum atomic E-state index is 12.9. The summed E-state index contributed by atoms with van der Waals surface area (Å²) >= 11 is 5.95. The Morgan fingerprint density at radius 2 is 2.04 bits per heavy atom. The molecular formula is C18H18ClF3N4O2. The number of nitrogens with one attached hydrogen (secondary N) is 1. The van der Waals surface area contributed by atoms with Gasteiger partial charge in [-0.15, -0.1) is 0 Å². The number of anilines is 2. The zero-order chi connectivity index (χ0) is 20.5. The largest absolute Gasteiger partial charge is 0.416 e. The summed E-state index contributed by atoms with van der Waals surface area (Å²) in [5.41, 5.74) is -1.19. The third-order valence-corrected chi connectivity index (χ3v) is 4.94.